The number of nitrogens with one attached hydrogen (secondary N) is 1. The molecule has 0 saturated heterocycles. The van der Waals surface area contributed by atoms with E-state index in [0.29, 0.717) is 5.78 Å². The van der Waals surface area contributed by atoms with Gasteiger partial charge in [-0.25, -0.2) is 0 Å². The van der Waals surface area contributed by atoms with E-state index < -0.39 is 0 Å². The second kappa shape index (κ2) is 4.02. The van der Waals surface area contributed by atoms with Gasteiger partial charge in [0.15, 0.2) is 0 Å². The zero-order valence-electron chi connectivity index (χ0n) is 10.1. The van der Waals surface area contributed by atoms with Crippen LogP contribution in [0.3, 0.4) is 0 Å². The number of carbonyl (C=O) groups is 1. The van der Waals surface area contributed by atoms with Gasteiger partial charge in [0, 0.05) is 29.4 Å². The number of hydrogen-bond acceptors (Lipinski definition) is 1. The second-order valence-corrected chi connectivity index (χ2v) is 5.06. The van der Waals surface area contributed by atoms with E-state index in [0.717, 1.165) is 24.8 Å². The summed E-state index contributed by atoms with van der Waals surface area (Å²) in [6.45, 7) is 2.10. The first-order valence-corrected chi connectivity index (χ1v) is 6.36. The van der Waals surface area contributed by atoms with Crippen molar-refractivity contribution in [3.05, 3.63) is 35.5 Å². The van der Waals surface area contributed by atoms with Crippen LogP contribution < -0.4 is 0 Å². The predicted octanol–water partition coefficient (Wildman–Crippen LogP) is 3.70. The molecule has 88 valence electrons. The van der Waals surface area contributed by atoms with Crippen molar-refractivity contribution >= 4 is 16.7 Å². The third kappa shape index (κ3) is 1.78. The van der Waals surface area contributed by atoms with Gasteiger partial charge in [-0.2, -0.15) is 0 Å². The van der Waals surface area contributed by atoms with Crippen LogP contribution in [0.25, 0.3) is 10.9 Å². The van der Waals surface area contributed by atoms with Crippen LogP contribution in [0.4, 0.5) is 0 Å². The highest BCUT2D eigenvalue weighted by atomic mass is 16.1. The highest BCUT2D eigenvalue weighted by Gasteiger charge is 2.25. The predicted molar refractivity (Wildman–Crippen MR) is 69.3 cm³/mol. The molecule has 0 amide bonds. The molecule has 2 nitrogen and oxygen atoms in total. The SMILES string of the molecule is Cc1ccc2[nH]cc(C3CCCCC3=O)c2c1. The highest BCUT2D eigenvalue weighted by molar-refractivity contribution is 5.93. The van der Waals surface area contributed by atoms with Gasteiger partial charge in [0.25, 0.3) is 0 Å². The van der Waals surface area contributed by atoms with E-state index in [1.54, 1.807) is 0 Å². The number of ketones is 1. The van der Waals surface area contributed by atoms with Crippen LogP contribution in [0, 0.1) is 6.92 Å². The second-order valence-electron chi connectivity index (χ2n) is 5.06. The highest BCUT2D eigenvalue weighted by Crippen LogP contribution is 2.34. The Bertz CT molecular complexity index is 567. The van der Waals surface area contributed by atoms with E-state index >= 15 is 0 Å². The lowest BCUT2D eigenvalue weighted by molar-refractivity contribution is -0.121. The maximum absolute atomic E-state index is 12.0. The molecule has 1 fully saturated rings. The van der Waals surface area contributed by atoms with E-state index in [1.807, 2.05) is 6.20 Å². The van der Waals surface area contributed by atoms with Crippen LogP contribution in [-0.2, 0) is 4.79 Å². The molecular formula is C15H17NO. The Morgan fingerprint density at radius 3 is 3.00 bits per heavy atom. The van der Waals surface area contributed by atoms with E-state index in [-0.39, 0.29) is 5.92 Å². The van der Waals surface area contributed by atoms with Crippen LogP contribution >= 0.6 is 0 Å². The van der Waals surface area contributed by atoms with Gasteiger partial charge in [0.2, 0.25) is 0 Å². The molecular weight excluding hydrogens is 210 g/mol. The molecule has 0 spiro atoms. The topological polar surface area (TPSA) is 32.9 Å². The van der Waals surface area contributed by atoms with Gasteiger partial charge in [-0.1, -0.05) is 18.1 Å². The molecule has 0 aliphatic heterocycles. The van der Waals surface area contributed by atoms with E-state index in [2.05, 4.69) is 30.1 Å². The number of fused-ring (bicyclic) bond motifs is 1. The fraction of sp³-hybridized carbons (Fsp3) is 0.400. The van der Waals surface area contributed by atoms with Gasteiger partial charge in [0.1, 0.15) is 5.78 Å². The Hall–Kier alpha value is -1.57. The lowest BCUT2D eigenvalue weighted by Gasteiger charge is -2.20. The molecule has 1 aliphatic rings. The minimum atomic E-state index is 0.124. The van der Waals surface area contributed by atoms with Gasteiger partial charge in [0.05, 0.1) is 0 Å². The van der Waals surface area contributed by atoms with Gasteiger partial charge >= 0.3 is 0 Å². The van der Waals surface area contributed by atoms with Crippen LogP contribution in [0.5, 0.6) is 0 Å². The average Bonchev–Trinajstić information content (AvgIpc) is 2.72. The molecule has 1 heterocycles. The first kappa shape index (κ1) is 10.6. The summed E-state index contributed by atoms with van der Waals surface area (Å²) in [5.41, 5.74) is 3.60. The molecule has 1 saturated carbocycles. The molecule has 2 heteroatoms. The Morgan fingerprint density at radius 1 is 1.29 bits per heavy atom. The quantitative estimate of drug-likeness (QED) is 0.791. The molecule has 0 bridgehead atoms. The average molecular weight is 227 g/mol. The first-order valence-electron chi connectivity index (χ1n) is 6.36. The van der Waals surface area contributed by atoms with Crippen molar-refractivity contribution in [1.82, 2.24) is 4.98 Å². The summed E-state index contributed by atoms with van der Waals surface area (Å²) >= 11 is 0. The van der Waals surface area contributed by atoms with Crippen molar-refractivity contribution in [2.45, 2.75) is 38.5 Å². The summed E-state index contributed by atoms with van der Waals surface area (Å²) in [5.74, 6) is 0.540. The maximum atomic E-state index is 12.0. The zero-order chi connectivity index (χ0) is 11.8. The molecule has 0 radical (unpaired) electrons. The zero-order valence-corrected chi connectivity index (χ0v) is 10.1. The third-order valence-corrected chi connectivity index (χ3v) is 3.80. The summed E-state index contributed by atoms with van der Waals surface area (Å²) in [6, 6.07) is 6.38. The number of aryl methyl sites for hydroxylation is 1. The minimum Gasteiger partial charge on any atom is -0.361 e. The van der Waals surface area contributed by atoms with Crippen molar-refractivity contribution in [1.29, 1.82) is 0 Å². The van der Waals surface area contributed by atoms with Crippen molar-refractivity contribution in [3.8, 4) is 0 Å². The molecule has 1 unspecified atom stereocenters. The van der Waals surface area contributed by atoms with Crippen LogP contribution in [0.15, 0.2) is 24.4 Å². The lowest BCUT2D eigenvalue weighted by Crippen LogP contribution is -2.16. The molecule has 1 aromatic carbocycles. The molecule has 1 aliphatic carbocycles. The van der Waals surface area contributed by atoms with Crippen molar-refractivity contribution in [2.24, 2.45) is 0 Å². The fourth-order valence-corrected chi connectivity index (χ4v) is 2.86. The van der Waals surface area contributed by atoms with Crippen molar-refractivity contribution in [3.63, 3.8) is 0 Å². The van der Waals surface area contributed by atoms with Gasteiger partial charge < -0.3 is 4.98 Å². The normalized spacial score (nSPS) is 21.0. The fourth-order valence-electron chi connectivity index (χ4n) is 2.86. The maximum Gasteiger partial charge on any atom is 0.140 e. The van der Waals surface area contributed by atoms with Crippen LogP contribution in [-0.4, -0.2) is 10.8 Å². The summed E-state index contributed by atoms with van der Waals surface area (Å²) in [5, 5.41) is 1.23. The Labute approximate surface area is 101 Å². The molecule has 1 aromatic heterocycles. The summed E-state index contributed by atoms with van der Waals surface area (Å²) in [4.78, 5) is 15.3. The number of hydrogen-bond donors (Lipinski definition) is 1. The van der Waals surface area contributed by atoms with Gasteiger partial charge in [-0.3, -0.25) is 4.79 Å². The summed E-state index contributed by atoms with van der Waals surface area (Å²) in [7, 11) is 0. The number of benzene rings is 1. The number of aromatic nitrogens is 1. The molecule has 3 rings (SSSR count). The Morgan fingerprint density at radius 2 is 2.18 bits per heavy atom. The number of carbonyl (C=O) groups excluding carboxylic acids is 1. The number of rotatable bonds is 1. The molecule has 17 heavy (non-hydrogen) atoms. The third-order valence-electron chi connectivity index (χ3n) is 3.80. The lowest BCUT2D eigenvalue weighted by atomic mass is 9.83. The molecule has 1 N–H and O–H groups in total. The van der Waals surface area contributed by atoms with Crippen LogP contribution in [0.2, 0.25) is 0 Å². The van der Waals surface area contributed by atoms with Crippen molar-refractivity contribution < 1.29 is 4.79 Å². The number of Topliss-reactive ketones (excluding diaryl/α,β-unsaturated/α-hetero) is 1. The van der Waals surface area contributed by atoms with Crippen LogP contribution in [0.1, 0.15) is 42.7 Å². The molecule has 1 atom stereocenters. The standard InChI is InChI=1S/C15H17NO/c1-10-6-7-14-12(8-10)13(9-16-14)11-4-2-3-5-15(11)17/h6-9,11,16H,2-5H2,1H3. The minimum absolute atomic E-state index is 0.124. The Kier molecular flexibility index (Phi) is 2.50. The number of aromatic amines is 1. The van der Waals surface area contributed by atoms with E-state index in [4.69, 9.17) is 0 Å². The van der Waals surface area contributed by atoms with Crippen molar-refractivity contribution in [2.75, 3.05) is 0 Å². The molecule has 2 aromatic rings. The van der Waals surface area contributed by atoms with Gasteiger partial charge in [-0.15, -0.1) is 0 Å². The largest absolute Gasteiger partial charge is 0.361 e. The Balaban J connectivity index is 2.10. The first-order chi connectivity index (χ1) is 8.25. The smallest absolute Gasteiger partial charge is 0.140 e. The summed E-state index contributed by atoms with van der Waals surface area (Å²) in [6.07, 6.45) is 6.03. The number of H-pyrrole nitrogens is 1. The van der Waals surface area contributed by atoms with E-state index in [9.17, 15) is 4.79 Å². The van der Waals surface area contributed by atoms with E-state index in [1.165, 1.54) is 22.9 Å². The van der Waals surface area contributed by atoms with Gasteiger partial charge in [-0.05, 0) is 37.5 Å². The monoisotopic (exact) mass is 227 g/mol. The summed E-state index contributed by atoms with van der Waals surface area (Å²) < 4.78 is 0.